The van der Waals surface area contributed by atoms with Crippen molar-refractivity contribution in [2.24, 2.45) is 0 Å². The van der Waals surface area contributed by atoms with Crippen LogP contribution in [-0.4, -0.2) is 20.3 Å². The van der Waals surface area contributed by atoms with Gasteiger partial charge in [-0.1, -0.05) is 23.7 Å². The average molecular weight is 421 g/mol. The molecule has 0 radical (unpaired) electrons. The van der Waals surface area contributed by atoms with Crippen molar-refractivity contribution in [2.45, 2.75) is 27.3 Å². The van der Waals surface area contributed by atoms with Gasteiger partial charge in [-0.25, -0.2) is 9.67 Å². The molecule has 0 unspecified atom stereocenters. The molecule has 0 bridgehead atoms. The second kappa shape index (κ2) is 7.80. The quantitative estimate of drug-likeness (QED) is 0.531. The Labute approximate surface area is 178 Å². The zero-order chi connectivity index (χ0) is 21.4. The van der Waals surface area contributed by atoms with Crippen LogP contribution in [0.1, 0.15) is 16.7 Å². The second-order valence-corrected chi connectivity index (χ2v) is 7.74. The minimum atomic E-state index is -0.282. The first kappa shape index (κ1) is 19.9. The first-order valence-electron chi connectivity index (χ1n) is 9.55. The third kappa shape index (κ3) is 3.62. The standard InChI is InChI=1S/C23H21ClN4O2/c1-14-7-9-18(11-16(14)3)28-23(30)19-5-4-10-25-22(19)27(28)13-21(29)26-17-8-6-15(2)20(24)12-17/h4-12H,13H2,1-3H3,(H,26,29). The minimum Gasteiger partial charge on any atom is -0.324 e. The molecule has 0 saturated heterocycles. The van der Waals surface area contributed by atoms with Gasteiger partial charge in [0, 0.05) is 16.9 Å². The third-order valence-corrected chi connectivity index (χ3v) is 5.59. The molecule has 1 amide bonds. The topological polar surface area (TPSA) is 68.9 Å². The molecule has 2 heterocycles. The number of aryl methyl sites for hydroxylation is 3. The van der Waals surface area contributed by atoms with E-state index in [0.717, 1.165) is 16.7 Å². The van der Waals surface area contributed by atoms with E-state index in [-0.39, 0.29) is 18.0 Å². The van der Waals surface area contributed by atoms with Crippen molar-refractivity contribution < 1.29 is 4.79 Å². The summed E-state index contributed by atoms with van der Waals surface area (Å²) >= 11 is 6.16. The van der Waals surface area contributed by atoms with E-state index in [9.17, 15) is 9.59 Å². The SMILES string of the molecule is Cc1ccc(-n2c(=O)c3cccnc3n2CC(=O)Nc2ccc(C)c(Cl)c2)cc1C. The van der Waals surface area contributed by atoms with Crippen LogP contribution >= 0.6 is 11.6 Å². The highest BCUT2D eigenvalue weighted by Crippen LogP contribution is 2.21. The van der Waals surface area contributed by atoms with Crippen LogP contribution in [-0.2, 0) is 11.3 Å². The molecule has 7 heteroatoms. The van der Waals surface area contributed by atoms with Crippen molar-refractivity contribution in [3.05, 3.63) is 86.8 Å². The number of benzene rings is 2. The number of rotatable bonds is 4. The monoisotopic (exact) mass is 420 g/mol. The summed E-state index contributed by atoms with van der Waals surface area (Å²) in [5.74, 6) is -0.282. The molecule has 1 N–H and O–H groups in total. The fourth-order valence-corrected chi connectivity index (χ4v) is 3.54. The number of amides is 1. The van der Waals surface area contributed by atoms with Crippen LogP contribution in [0.2, 0.25) is 5.02 Å². The zero-order valence-corrected chi connectivity index (χ0v) is 17.7. The lowest BCUT2D eigenvalue weighted by Gasteiger charge is -2.14. The summed E-state index contributed by atoms with van der Waals surface area (Å²) in [6.45, 7) is 5.82. The van der Waals surface area contributed by atoms with Crippen molar-refractivity contribution in [1.29, 1.82) is 0 Å². The molecule has 4 rings (SSSR count). The molecule has 0 aliphatic carbocycles. The second-order valence-electron chi connectivity index (χ2n) is 7.33. The number of nitrogens with zero attached hydrogens (tertiary/aromatic N) is 3. The summed E-state index contributed by atoms with van der Waals surface area (Å²) in [6, 6.07) is 14.5. The van der Waals surface area contributed by atoms with Gasteiger partial charge in [0.05, 0.1) is 11.1 Å². The maximum Gasteiger partial charge on any atom is 0.280 e. The highest BCUT2D eigenvalue weighted by molar-refractivity contribution is 6.31. The third-order valence-electron chi connectivity index (χ3n) is 5.18. The maximum absolute atomic E-state index is 13.1. The normalized spacial score (nSPS) is 11.1. The van der Waals surface area contributed by atoms with Gasteiger partial charge in [0.25, 0.3) is 5.56 Å². The number of halogens is 1. The molecule has 0 atom stereocenters. The fourth-order valence-electron chi connectivity index (χ4n) is 3.35. The molecule has 2 aromatic heterocycles. The molecule has 2 aromatic carbocycles. The van der Waals surface area contributed by atoms with Crippen LogP contribution in [0.25, 0.3) is 16.7 Å². The molecular weight excluding hydrogens is 400 g/mol. The molecule has 0 spiro atoms. The van der Waals surface area contributed by atoms with Gasteiger partial charge in [0.2, 0.25) is 5.91 Å². The highest BCUT2D eigenvalue weighted by atomic mass is 35.5. The molecule has 0 fully saturated rings. The van der Waals surface area contributed by atoms with Crippen molar-refractivity contribution in [2.75, 3.05) is 5.32 Å². The number of carbonyl (C=O) groups excluding carboxylic acids is 1. The van der Waals surface area contributed by atoms with Gasteiger partial charge in [0.1, 0.15) is 6.54 Å². The van der Waals surface area contributed by atoms with Crippen LogP contribution in [0.5, 0.6) is 0 Å². The molecule has 6 nitrogen and oxygen atoms in total. The predicted octanol–water partition coefficient (Wildman–Crippen LogP) is 4.40. The Morgan fingerprint density at radius 1 is 1.03 bits per heavy atom. The van der Waals surface area contributed by atoms with Gasteiger partial charge < -0.3 is 5.32 Å². The molecule has 4 aromatic rings. The van der Waals surface area contributed by atoms with E-state index in [0.29, 0.717) is 27.4 Å². The molecular formula is C23H21ClN4O2. The van der Waals surface area contributed by atoms with Gasteiger partial charge in [0.15, 0.2) is 5.65 Å². The molecule has 152 valence electrons. The van der Waals surface area contributed by atoms with Gasteiger partial charge in [-0.05, 0) is 73.9 Å². The van der Waals surface area contributed by atoms with Gasteiger partial charge >= 0.3 is 0 Å². The number of hydrogen-bond acceptors (Lipinski definition) is 3. The van der Waals surface area contributed by atoms with Crippen molar-refractivity contribution >= 4 is 34.2 Å². The number of pyridine rings is 1. The Balaban J connectivity index is 1.77. The van der Waals surface area contributed by atoms with E-state index < -0.39 is 0 Å². The van der Waals surface area contributed by atoms with Crippen LogP contribution in [0.4, 0.5) is 5.69 Å². The summed E-state index contributed by atoms with van der Waals surface area (Å²) in [5, 5.41) is 3.88. The van der Waals surface area contributed by atoms with Gasteiger partial charge in [-0.3, -0.25) is 14.3 Å². The van der Waals surface area contributed by atoms with Crippen molar-refractivity contribution in [1.82, 2.24) is 14.3 Å². The minimum absolute atomic E-state index is 0.0752. The highest BCUT2D eigenvalue weighted by Gasteiger charge is 2.18. The van der Waals surface area contributed by atoms with E-state index in [1.54, 1.807) is 35.1 Å². The lowest BCUT2D eigenvalue weighted by molar-refractivity contribution is -0.116. The molecule has 0 aliphatic rings. The molecule has 0 saturated carbocycles. The van der Waals surface area contributed by atoms with E-state index in [4.69, 9.17) is 11.6 Å². The largest absolute Gasteiger partial charge is 0.324 e. The Morgan fingerprint density at radius 2 is 1.80 bits per heavy atom. The Morgan fingerprint density at radius 3 is 2.53 bits per heavy atom. The number of carbonyl (C=O) groups is 1. The Bertz CT molecular complexity index is 1340. The zero-order valence-electron chi connectivity index (χ0n) is 16.9. The van der Waals surface area contributed by atoms with Crippen LogP contribution < -0.4 is 10.9 Å². The van der Waals surface area contributed by atoms with Crippen molar-refractivity contribution in [3.63, 3.8) is 0 Å². The fraction of sp³-hybridized carbons (Fsp3) is 0.174. The number of fused-ring (bicyclic) bond motifs is 1. The predicted molar refractivity (Wildman–Crippen MR) is 120 cm³/mol. The Kier molecular flexibility index (Phi) is 5.18. The summed E-state index contributed by atoms with van der Waals surface area (Å²) in [5.41, 5.74) is 4.64. The van der Waals surface area contributed by atoms with Crippen LogP contribution in [0.15, 0.2) is 59.5 Å². The first-order valence-corrected chi connectivity index (χ1v) is 9.93. The Hall–Kier alpha value is -3.38. The molecule has 30 heavy (non-hydrogen) atoms. The number of nitrogens with one attached hydrogen (secondary N) is 1. The molecule has 0 aliphatic heterocycles. The number of aromatic nitrogens is 3. The van der Waals surface area contributed by atoms with Crippen LogP contribution in [0, 0.1) is 20.8 Å². The van der Waals surface area contributed by atoms with Crippen LogP contribution in [0.3, 0.4) is 0 Å². The first-order chi connectivity index (χ1) is 14.3. The lowest BCUT2D eigenvalue weighted by atomic mass is 10.1. The summed E-state index contributed by atoms with van der Waals surface area (Å²) in [7, 11) is 0. The summed E-state index contributed by atoms with van der Waals surface area (Å²) in [6.07, 6.45) is 1.61. The van der Waals surface area contributed by atoms with E-state index in [2.05, 4.69) is 10.3 Å². The van der Waals surface area contributed by atoms with Gasteiger partial charge in [-0.2, -0.15) is 0 Å². The lowest BCUT2D eigenvalue weighted by Crippen LogP contribution is -2.27. The van der Waals surface area contributed by atoms with Gasteiger partial charge in [-0.15, -0.1) is 0 Å². The summed E-state index contributed by atoms with van der Waals surface area (Å²) < 4.78 is 3.11. The van der Waals surface area contributed by atoms with E-state index in [1.807, 2.05) is 45.0 Å². The number of hydrogen-bond donors (Lipinski definition) is 1. The number of anilines is 1. The maximum atomic E-state index is 13.1. The summed E-state index contributed by atoms with van der Waals surface area (Å²) in [4.78, 5) is 30.3. The smallest absolute Gasteiger partial charge is 0.280 e. The van der Waals surface area contributed by atoms with E-state index in [1.165, 1.54) is 4.68 Å². The van der Waals surface area contributed by atoms with Crippen molar-refractivity contribution in [3.8, 4) is 5.69 Å². The van der Waals surface area contributed by atoms with E-state index >= 15 is 0 Å². The average Bonchev–Trinajstić information content (AvgIpc) is 2.99.